The molecule has 0 bridgehead atoms. The first-order valence-corrected chi connectivity index (χ1v) is 8.87. The first-order valence-electron chi connectivity index (χ1n) is 7.39. The number of anilines is 1. The van der Waals surface area contributed by atoms with Gasteiger partial charge in [0.05, 0.1) is 41.3 Å². The Morgan fingerprint density at radius 3 is 2.30 bits per heavy atom. The van der Waals surface area contributed by atoms with Gasteiger partial charge in [-0.2, -0.15) is 15.0 Å². The molecule has 140 valence electrons. The third-order valence-electron chi connectivity index (χ3n) is 3.50. The topological polar surface area (TPSA) is 103 Å². The molecule has 0 aliphatic carbocycles. The number of hydrogen-bond donors (Lipinski definition) is 1. The van der Waals surface area contributed by atoms with E-state index in [9.17, 15) is 22.0 Å². The number of nitrogens with zero attached hydrogens (tertiary/aromatic N) is 3. The molecule has 0 atom stereocenters. The molecule has 0 unspecified atom stereocenters. The van der Waals surface area contributed by atoms with E-state index in [1.807, 2.05) is 4.72 Å². The highest BCUT2D eigenvalue weighted by atomic mass is 32.2. The van der Waals surface area contributed by atoms with Crippen molar-refractivity contribution in [2.24, 2.45) is 0 Å². The Bertz CT molecular complexity index is 1080. The smallest absolute Gasteiger partial charge is 0.340 e. The molecule has 8 nitrogen and oxygen atoms in total. The number of rotatable bonds is 5. The van der Waals surface area contributed by atoms with E-state index in [0.717, 1.165) is 7.11 Å². The SMILES string of the molecule is COC(=O)c1cc(F)c(NS(=O)(=O)c2ccc(-n3nccn3)cc2)cc1F. The van der Waals surface area contributed by atoms with Gasteiger partial charge in [0, 0.05) is 6.07 Å². The Kier molecular flexibility index (Phi) is 4.86. The zero-order valence-corrected chi connectivity index (χ0v) is 14.6. The van der Waals surface area contributed by atoms with E-state index in [1.54, 1.807) is 0 Å². The fraction of sp³-hybridized carbons (Fsp3) is 0.0625. The average molecular weight is 394 g/mol. The molecule has 3 aromatic rings. The normalized spacial score (nSPS) is 11.2. The highest BCUT2D eigenvalue weighted by Crippen LogP contribution is 2.23. The summed E-state index contributed by atoms with van der Waals surface area (Å²) >= 11 is 0. The van der Waals surface area contributed by atoms with E-state index in [1.165, 1.54) is 41.5 Å². The van der Waals surface area contributed by atoms with Crippen LogP contribution in [0.15, 0.2) is 53.7 Å². The van der Waals surface area contributed by atoms with Crippen molar-refractivity contribution in [3.05, 3.63) is 66.0 Å². The standard InChI is InChI=1S/C16H12F2N4O4S/c1-26-16(23)12-8-14(18)15(9-13(12)17)21-27(24,25)11-4-2-10(3-5-11)22-19-6-7-20-22/h2-9,21H,1H3. The van der Waals surface area contributed by atoms with E-state index in [0.29, 0.717) is 17.8 Å². The molecule has 27 heavy (non-hydrogen) atoms. The molecule has 0 radical (unpaired) electrons. The molecule has 0 amide bonds. The maximum atomic E-state index is 14.1. The molecule has 0 fully saturated rings. The molecule has 3 rings (SSSR count). The number of carbonyl (C=O) groups is 1. The summed E-state index contributed by atoms with van der Waals surface area (Å²) < 4.78 is 59.1. The number of methoxy groups -OCH3 is 1. The summed E-state index contributed by atoms with van der Waals surface area (Å²) in [5, 5.41) is 7.82. The third-order valence-corrected chi connectivity index (χ3v) is 4.88. The second kappa shape index (κ2) is 7.11. The fourth-order valence-corrected chi connectivity index (χ4v) is 3.26. The average Bonchev–Trinajstić information content (AvgIpc) is 3.18. The van der Waals surface area contributed by atoms with Crippen LogP contribution in [0.5, 0.6) is 0 Å². The number of sulfonamides is 1. The minimum absolute atomic E-state index is 0.185. The molecular weight excluding hydrogens is 382 g/mol. The molecule has 1 N–H and O–H groups in total. The molecule has 0 saturated carbocycles. The van der Waals surface area contributed by atoms with Crippen molar-refractivity contribution in [3.63, 3.8) is 0 Å². The Hall–Kier alpha value is -3.34. The second-order valence-corrected chi connectivity index (χ2v) is 6.90. The van der Waals surface area contributed by atoms with Crippen LogP contribution in [-0.2, 0) is 14.8 Å². The summed E-state index contributed by atoms with van der Waals surface area (Å²) in [5.41, 5.74) is -0.773. The molecular formula is C16H12F2N4O4S. The summed E-state index contributed by atoms with van der Waals surface area (Å²) in [7, 11) is -3.19. The van der Waals surface area contributed by atoms with Crippen LogP contribution in [0.1, 0.15) is 10.4 Å². The maximum absolute atomic E-state index is 14.1. The van der Waals surface area contributed by atoms with Gasteiger partial charge in [0.25, 0.3) is 10.0 Å². The number of hydrogen-bond acceptors (Lipinski definition) is 6. The van der Waals surface area contributed by atoms with Gasteiger partial charge >= 0.3 is 5.97 Å². The summed E-state index contributed by atoms with van der Waals surface area (Å²) in [5.74, 6) is -3.33. The van der Waals surface area contributed by atoms with Crippen LogP contribution in [0.3, 0.4) is 0 Å². The van der Waals surface area contributed by atoms with E-state index in [-0.39, 0.29) is 4.90 Å². The maximum Gasteiger partial charge on any atom is 0.340 e. The predicted molar refractivity (Wildman–Crippen MR) is 89.9 cm³/mol. The van der Waals surface area contributed by atoms with Crippen molar-refractivity contribution in [1.29, 1.82) is 0 Å². The molecule has 0 spiro atoms. The lowest BCUT2D eigenvalue weighted by molar-refractivity contribution is 0.0595. The Labute approximate surface area is 152 Å². The number of nitrogens with one attached hydrogen (secondary N) is 1. The molecule has 1 aromatic heterocycles. The molecule has 0 aliphatic rings. The van der Waals surface area contributed by atoms with Crippen molar-refractivity contribution < 1.29 is 26.7 Å². The van der Waals surface area contributed by atoms with Gasteiger partial charge in [0.15, 0.2) is 0 Å². The van der Waals surface area contributed by atoms with Crippen molar-refractivity contribution in [2.75, 3.05) is 11.8 Å². The van der Waals surface area contributed by atoms with E-state index in [4.69, 9.17) is 0 Å². The van der Waals surface area contributed by atoms with Crippen LogP contribution < -0.4 is 4.72 Å². The summed E-state index contributed by atoms with van der Waals surface area (Å²) in [6, 6.07) is 6.56. The fourth-order valence-electron chi connectivity index (χ4n) is 2.20. The predicted octanol–water partition coefficient (Wildman–Crippen LogP) is 2.13. The van der Waals surface area contributed by atoms with E-state index in [2.05, 4.69) is 14.9 Å². The van der Waals surface area contributed by atoms with Gasteiger partial charge in [-0.15, -0.1) is 0 Å². The van der Waals surface area contributed by atoms with Crippen LogP contribution in [0.4, 0.5) is 14.5 Å². The lowest BCUT2D eigenvalue weighted by atomic mass is 10.2. The van der Waals surface area contributed by atoms with Gasteiger partial charge in [-0.3, -0.25) is 4.72 Å². The first-order chi connectivity index (χ1) is 12.8. The lowest BCUT2D eigenvalue weighted by Crippen LogP contribution is -2.15. The molecule has 11 heteroatoms. The lowest BCUT2D eigenvalue weighted by Gasteiger charge is -2.11. The number of benzene rings is 2. The largest absolute Gasteiger partial charge is 0.465 e. The molecule has 2 aromatic carbocycles. The van der Waals surface area contributed by atoms with Crippen molar-refractivity contribution in [1.82, 2.24) is 15.0 Å². The van der Waals surface area contributed by atoms with E-state index >= 15 is 0 Å². The summed E-state index contributed by atoms with van der Waals surface area (Å²) in [6.45, 7) is 0. The summed E-state index contributed by atoms with van der Waals surface area (Å²) in [6.07, 6.45) is 2.92. The first kappa shape index (κ1) is 18.5. The Morgan fingerprint density at radius 1 is 1.07 bits per heavy atom. The third kappa shape index (κ3) is 3.77. The zero-order chi connectivity index (χ0) is 19.6. The minimum Gasteiger partial charge on any atom is -0.465 e. The molecule has 1 heterocycles. The van der Waals surface area contributed by atoms with Crippen LogP contribution >= 0.6 is 0 Å². The van der Waals surface area contributed by atoms with Gasteiger partial charge in [-0.1, -0.05) is 0 Å². The van der Waals surface area contributed by atoms with Crippen LogP contribution in [0.2, 0.25) is 0 Å². The highest BCUT2D eigenvalue weighted by Gasteiger charge is 2.21. The van der Waals surface area contributed by atoms with Crippen molar-refractivity contribution in [3.8, 4) is 5.69 Å². The molecule has 0 saturated heterocycles. The number of esters is 1. The van der Waals surface area contributed by atoms with Gasteiger partial charge in [0.2, 0.25) is 0 Å². The number of aromatic nitrogens is 3. The summed E-state index contributed by atoms with van der Waals surface area (Å²) in [4.78, 5) is 12.5. The monoisotopic (exact) mass is 394 g/mol. The van der Waals surface area contributed by atoms with Gasteiger partial charge in [-0.05, 0) is 30.3 Å². The van der Waals surface area contributed by atoms with Crippen LogP contribution in [-0.4, -0.2) is 36.5 Å². The number of carbonyl (C=O) groups excluding carboxylic acids is 1. The quantitative estimate of drug-likeness (QED) is 0.665. The van der Waals surface area contributed by atoms with Crippen molar-refractivity contribution >= 4 is 21.7 Å². The van der Waals surface area contributed by atoms with Gasteiger partial charge in [-0.25, -0.2) is 22.0 Å². The Balaban J connectivity index is 1.88. The minimum atomic E-state index is -4.20. The number of halogens is 2. The Morgan fingerprint density at radius 2 is 1.70 bits per heavy atom. The van der Waals surface area contributed by atoms with E-state index < -0.39 is 38.9 Å². The number of ether oxygens (including phenoxy) is 1. The zero-order valence-electron chi connectivity index (χ0n) is 13.8. The molecule has 0 aliphatic heterocycles. The second-order valence-electron chi connectivity index (χ2n) is 5.22. The highest BCUT2D eigenvalue weighted by molar-refractivity contribution is 7.92. The van der Waals surface area contributed by atoms with Crippen molar-refractivity contribution in [2.45, 2.75) is 4.90 Å². The van der Waals surface area contributed by atoms with Gasteiger partial charge in [0.1, 0.15) is 11.6 Å². The van der Waals surface area contributed by atoms with Crippen LogP contribution in [0, 0.1) is 11.6 Å². The van der Waals surface area contributed by atoms with Gasteiger partial charge < -0.3 is 4.74 Å². The van der Waals surface area contributed by atoms with Crippen LogP contribution in [0.25, 0.3) is 5.69 Å².